The molecular weight excluding hydrogens is 290 g/mol. The van der Waals surface area contributed by atoms with E-state index >= 15 is 0 Å². The zero-order valence-electron chi connectivity index (χ0n) is 13.5. The maximum atomic E-state index is 12.1. The fourth-order valence-corrected chi connectivity index (χ4v) is 2.60. The lowest BCUT2D eigenvalue weighted by Gasteiger charge is -2.24. The van der Waals surface area contributed by atoms with E-state index in [4.69, 9.17) is 0 Å². The Balaban J connectivity index is 0.00000400. The monoisotopic (exact) mass is 319 g/mol. The van der Waals surface area contributed by atoms with E-state index < -0.39 is 0 Å². The minimum absolute atomic E-state index is 0. The van der Waals surface area contributed by atoms with Crippen molar-refractivity contribution in [2.45, 2.75) is 51.5 Å². The molecule has 124 valence electrons. The molecule has 0 aromatic carbocycles. The number of halogens is 1. The minimum Gasteiger partial charge on any atom is -0.353 e. The van der Waals surface area contributed by atoms with Gasteiger partial charge in [-0.25, -0.2) is 0 Å². The van der Waals surface area contributed by atoms with E-state index in [9.17, 15) is 9.59 Å². The summed E-state index contributed by atoms with van der Waals surface area (Å²) < 4.78 is 0. The Morgan fingerprint density at radius 2 is 1.86 bits per heavy atom. The molecule has 0 aromatic heterocycles. The summed E-state index contributed by atoms with van der Waals surface area (Å²) >= 11 is 0. The van der Waals surface area contributed by atoms with Gasteiger partial charge in [0.1, 0.15) is 0 Å². The molecule has 0 spiro atoms. The molecule has 1 aliphatic carbocycles. The van der Waals surface area contributed by atoms with Crippen molar-refractivity contribution in [1.82, 2.24) is 15.5 Å². The SMILES string of the molecule is CNCCN(C)C(=O)CC(C)NC(=O)C1CCCCC1.Cl. The summed E-state index contributed by atoms with van der Waals surface area (Å²) in [6, 6.07) is -0.0889. The van der Waals surface area contributed by atoms with Crippen molar-refractivity contribution in [2.24, 2.45) is 5.92 Å². The Labute approximate surface area is 134 Å². The zero-order valence-corrected chi connectivity index (χ0v) is 14.3. The lowest BCUT2D eigenvalue weighted by atomic mass is 9.88. The van der Waals surface area contributed by atoms with Crippen LogP contribution in [-0.2, 0) is 9.59 Å². The number of rotatable bonds is 7. The van der Waals surface area contributed by atoms with Crippen LogP contribution in [0.4, 0.5) is 0 Å². The molecule has 1 saturated carbocycles. The van der Waals surface area contributed by atoms with E-state index in [0.29, 0.717) is 13.0 Å². The number of nitrogens with zero attached hydrogens (tertiary/aromatic N) is 1. The quantitative estimate of drug-likeness (QED) is 0.748. The van der Waals surface area contributed by atoms with Crippen molar-refractivity contribution < 1.29 is 9.59 Å². The molecule has 1 rings (SSSR count). The molecule has 0 heterocycles. The second-order valence-corrected chi connectivity index (χ2v) is 5.87. The Kier molecular flexibility index (Phi) is 10.4. The van der Waals surface area contributed by atoms with Gasteiger partial charge in [0, 0.05) is 38.5 Å². The molecule has 21 heavy (non-hydrogen) atoms. The summed E-state index contributed by atoms with van der Waals surface area (Å²) in [4.78, 5) is 25.8. The maximum Gasteiger partial charge on any atom is 0.224 e. The summed E-state index contributed by atoms with van der Waals surface area (Å²) in [5, 5.41) is 6.01. The highest BCUT2D eigenvalue weighted by Crippen LogP contribution is 2.23. The topological polar surface area (TPSA) is 61.4 Å². The Bertz CT molecular complexity index is 320. The van der Waals surface area contributed by atoms with Crippen LogP contribution in [0.2, 0.25) is 0 Å². The van der Waals surface area contributed by atoms with E-state index in [-0.39, 0.29) is 36.2 Å². The number of amides is 2. The van der Waals surface area contributed by atoms with Crippen LogP contribution in [0.25, 0.3) is 0 Å². The summed E-state index contributed by atoms with van der Waals surface area (Å²) in [5.74, 6) is 0.364. The van der Waals surface area contributed by atoms with Gasteiger partial charge >= 0.3 is 0 Å². The van der Waals surface area contributed by atoms with Gasteiger partial charge in [-0.15, -0.1) is 12.4 Å². The molecule has 0 saturated heterocycles. The van der Waals surface area contributed by atoms with Gasteiger partial charge in [-0.3, -0.25) is 9.59 Å². The van der Waals surface area contributed by atoms with E-state index in [1.54, 1.807) is 11.9 Å². The van der Waals surface area contributed by atoms with Crippen molar-refractivity contribution in [3.05, 3.63) is 0 Å². The van der Waals surface area contributed by atoms with Gasteiger partial charge in [0.2, 0.25) is 11.8 Å². The third-order valence-electron chi connectivity index (χ3n) is 3.97. The molecular formula is C15H30ClN3O2. The Hall–Kier alpha value is -0.810. The van der Waals surface area contributed by atoms with Crippen molar-refractivity contribution in [3.63, 3.8) is 0 Å². The van der Waals surface area contributed by atoms with Gasteiger partial charge in [-0.1, -0.05) is 19.3 Å². The average molecular weight is 320 g/mol. The summed E-state index contributed by atoms with van der Waals surface area (Å²) in [6.07, 6.45) is 5.91. The molecule has 1 atom stereocenters. The Morgan fingerprint density at radius 3 is 2.43 bits per heavy atom. The summed E-state index contributed by atoms with van der Waals surface area (Å²) in [7, 11) is 3.67. The molecule has 0 aliphatic heterocycles. The molecule has 0 radical (unpaired) electrons. The first kappa shape index (κ1) is 20.2. The Morgan fingerprint density at radius 1 is 1.24 bits per heavy atom. The second kappa shape index (κ2) is 10.9. The predicted octanol–water partition coefficient (Wildman–Crippen LogP) is 1.56. The van der Waals surface area contributed by atoms with Gasteiger partial charge in [0.25, 0.3) is 0 Å². The summed E-state index contributed by atoms with van der Waals surface area (Å²) in [6.45, 7) is 3.38. The van der Waals surface area contributed by atoms with Crippen molar-refractivity contribution in [2.75, 3.05) is 27.2 Å². The van der Waals surface area contributed by atoms with E-state index in [1.807, 2.05) is 14.0 Å². The minimum atomic E-state index is -0.0889. The van der Waals surface area contributed by atoms with E-state index in [0.717, 1.165) is 32.2 Å². The van der Waals surface area contributed by atoms with Gasteiger partial charge < -0.3 is 15.5 Å². The molecule has 2 N–H and O–H groups in total. The number of carbonyl (C=O) groups is 2. The second-order valence-electron chi connectivity index (χ2n) is 5.87. The van der Waals surface area contributed by atoms with Crippen LogP contribution in [0.15, 0.2) is 0 Å². The average Bonchev–Trinajstić information content (AvgIpc) is 2.45. The van der Waals surface area contributed by atoms with Crippen molar-refractivity contribution in [3.8, 4) is 0 Å². The van der Waals surface area contributed by atoms with Crippen LogP contribution in [0.5, 0.6) is 0 Å². The first-order valence-corrected chi connectivity index (χ1v) is 7.73. The van der Waals surface area contributed by atoms with Gasteiger partial charge in [-0.2, -0.15) is 0 Å². The number of hydrogen-bond donors (Lipinski definition) is 2. The summed E-state index contributed by atoms with van der Waals surface area (Å²) in [5.41, 5.74) is 0. The molecule has 1 aliphatic rings. The van der Waals surface area contributed by atoms with E-state index in [1.165, 1.54) is 6.42 Å². The smallest absolute Gasteiger partial charge is 0.224 e. The molecule has 5 nitrogen and oxygen atoms in total. The van der Waals surface area contributed by atoms with Crippen LogP contribution in [0.3, 0.4) is 0 Å². The highest BCUT2D eigenvalue weighted by molar-refractivity contribution is 5.85. The lowest BCUT2D eigenvalue weighted by molar-refractivity contribution is -0.131. The largest absolute Gasteiger partial charge is 0.353 e. The number of likely N-dealkylation sites (N-methyl/N-ethyl adjacent to an activating group) is 2. The third-order valence-corrected chi connectivity index (χ3v) is 3.97. The molecule has 0 bridgehead atoms. The molecule has 1 unspecified atom stereocenters. The van der Waals surface area contributed by atoms with Crippen LogP contribution in [0.1, 0.15) is 45.4 Å². The van der Waals surface area contributed by atoms with E-state index in [2.05, 4.69) is 10.6 Å². The van der Waals surface area contributed by atoms with Crippen molar-refractivity contribution in [1.29, 1.82) is 0 Å². The van der Waals surface area contributed by atoms with Crippen LogP contribution in [-0.4, -0.2) is 49.9 Å². The number of hydrogen-bond acceptors (Lipinski definition) is 3. The highest BCUT2D eigenvalue weighted by Gasteiger charge is 2.23. The van der Waals surface area contributed by atoms with Gasteiger partial charge in [0.05, 0.1) is 0 Å². The van der Waals surface area contributed by atoms with Crippen LogP contribution in [0, 0.1) is 5.92 Å². The predicted molar refractivity (Wildman–Crippen MR) is 87.6 cm³/mol. The maximum absolute atomic E-state index is 12.1. The number of nitrogens with one attached hydrogen (secondary N) is 2. The number of carbonyl (C=O) groups excluding carboxylic acids is 2. The van der Waals surface area contributed by atoms with Gasteiger partial charge in [-0.05, 0) is 26.8 Å². The fourth-order valence-electron chi connectivity index (χ4n) is 2.60. The van der Waals surface area contributed by atoms with Crippen LogP contribution >= 0.6 is 12.4 Å². The van der Waals surface area contributed by atoms with Gasteiger partial charge in [0.15, 0.2) is 0 Å². The standard InChI is InChI=1S/C15H29N3O2.ClH/c1-12(11-14(19)18(3)10-9-16-2)17-15(20)13-7-5-4-6-8-13;/h12-13,16H,4-11H2,1-3H3,(H,17,20);1H. The lowest BCUT2D eigenvalue weighted by Crippen LogP contribution is -2.42. The molecule has 2 amide bonds. The van der Waals surface area contributed by atoms with Crippen LogP contribution < -0.4 is 10.6 Å². The third kappa shape index (κ3) is 7.67. The first-order chi connectivity index (χ1) is 9.54. The molecule has 0 aromatic rings. The highest BCUT2D eigenvalue weighted by atomic mass is 35.5. The zero-order chi connectivity index (χ0) is 15.0. The molecule has 1 fully saturated rings. The molecule has 6 heteroatoms. The fraction of sp³-hybridized carbons (Fsp3) is 0.867. The normalized spacial score (nSPS) is 16.7. The first-order valence-electron chi connectivity index (χ1n) is 7.73. The van der Waals surface area contributed by atoms with Crippen molar-refractivity contribution >= 4 is 24.2 Å².